The van der Waals surface area contributed by atoms with Crippen LogP contribution in [0.5, 0.6) is 0 Å². The van der Waals surface area contributed by atoms with Crippen molar-refractivity contribution in [3.8, 4) is 0 Å². The number of esters is 1. The van der Waals surface area contributed by atoms with Gasteiger partial charge in [0.2, 0.25) is 0 Å². The number of fused-ring (bicyclic) bond motifs is 1. The highest BCUT2D eigenvalue weighted by Crippen LogP contribution is 2.44. The maximum atomic E-state index is 13.1. The molecule has 37 heavy (non-hydrogen) atoms. The van der Waals surface area contributed by atoms with Gasteiger partial charge in [-0.05, 0) is 61.6 Å². The second-order valence-electron chi connectivity index (χ2n) is 10.3. The quantitative estimate of drug-likeness (QED) is 0.582. The van der Waals surface area contributed by atoms with Gasteiger partial charge in [0.25, 0.3) is 5.91 Å². The fraction of sp³-hybridized carbons (Fsp3) is 0.483. The number of piperidine rings is 1. The summed E-state index contributed by atoms with van der Waals surface area (Å²) in [6.45, 7) is 4.44. The first kappa shape index (κ1) is 25.3. The van der Waals surface area contributed by atoms with Crippen molar-refractivity contribution in [2.75, 3.05) is 46.9 Å². The van der Waals surface area contributed by atoms with E-state index in [9.17, 15) is 14.4 Å². The number of benzene rings is 2. The van der Waals surface area contributed by atoms with E-state index in [1.807, 2.05) is 59.3 Å². The topological polar surface area (TPSA) is 82.2 Å². The molecule has 2 atom stereocenters. The minimum Gasteiger partial charge on any atom is -0.465 e. The minimum absolute atomic E-state index is 0.0532. The maximum absolute atomic E-state index is 13.1. The van der Waals surface area contributed by atoms with E-state index in [0.29, 0.717) is 11.6 Å². The van der Waals surface area contributed by atoms with Gasteiger partial charge >= 0.3 is 12.0 Å². The molecule has 0 bridgehead atoms. The standard InChI is InChI=1S/C29H36N4O4/c1-31-26(24-6-3-4-7-25(24)27(31)34)23(20-8-10-21(11-9-20)28(35)37-2)14-19-32-17-12-22(13-18-32)33-16-5-15-30-29(33)36/h3-4,6-11,22-23,26H,5,12-19H2,1-2H3,(H,30,36). The lowest BCUT2D eigenvalue weighted by atomic mass is 9.84. The molecule has 2 saturated heterocycles. The van der Waals surface area contributed by atoms with Crippen LogP contribution in [0.3, 0.4) is 0 Å². The first-order valence-electron chi connectivity index (χ1n) is 13.3. The molecule has 1 N–H and O–H groups in total. The van der Waals surface area contributed by atoms with Crippen LogP contribution < -0.4 is 5.32 Å². The molecule has 0 aliphatic carbocycles. The zero-order valence-corrected chi connectivity index (χ0v) is 21.7. The lowest BCUT2D eigenvalue weighted by molar-refractivity contribution is 0.0600. The highest BCUT2D eigenvalue weighted by Gasteiger charge is 2.40. The molecule has 2 fully saturated rings. The van der Waals surface area contributed by atoms with Gasteiger partial charge in [-0.15, -0.1) is 0 Å². The number of carbonyl (C=O) groups excluding carboxylic acids is 3. The summed E-state index contributed by atoms with van der Waals surface area (Å²) >= 11 is 0. The number of amides is 3. The Morgan fingerprint density at radius 3 is 2.49 bits per heavy atom. The third-order valence-corrected chi connectivity index (χ3v) is 8.26. The smallest absolute Gasteiger partial charge is 0.337 e. The molecular formula is C29H36N4O4. The summed E-state index contributed by atoms with van der Waals surface area (Å²) in [6, 6.07) is 15.8. The van der Waals surface area contributed by atoms with Gasteiger partial charge in [0.1, 0.15) is 0 Å². The van der Waals surface area contributed by atoms with Crippen molar-refractivity contribution in [1.82, 2.24) is 20.0 Å². The number of carbonyl (C=O) groups is 3. The zero-order chi connectivity index (χ0) is 25.9. The molecular weight excluding hydrogens is 468 g/mol. The maximum Gasteiger partial charge on any atom is 0.337 e. The SMILES string of the molecule is COC(=O)c1ccc(C(CCN2CCC(N3CCCNC3=O)CC2)C2c3ccccc3C(=O)N2C)cc1. The van der Waals surface area contributed by atoms with Gasteiger partial charge < -0.3 is 24.8 Å². The van der Waals surface area contributed by atoms with Crippen molar-refractivity contribution < 1.29 is 19.1 Å². The summed E-state index contributed by atoms with van der Waals surface area (Å²) in [5.74, 6) is -0.223. The number of ether oxygens (including phenoxy) is 1. The molecule has 2 unspecified atom stereocenters. The number of hydrogen-bond acceptors (Lipinski definition) is 5. The monoisotopic (exact) mass is 504 g/mol. The molecule has 3 heterocycles. The van der Waals surface area contributed by atoms with E-state index in [0.717, 1.165) is 75.1 Å². The van der Waals surface area contributed by atoms with Crippen LogP contribution in [-0.2, 0) is 4.74 Å². The fourth-order valence-electron chi connectivity index (χ4n) is 6.22. The summed E-state index contributed by atoms with van der Waals surface area (Å²) in [6.07, 6.45) is 3.85. The molecule has 0 aromatic heterocycles. The van der Waals surface area contributed by atoms with Crippen molar-refractivity contribution in [1.29, 1.82) is 0 Å². The molecule has 5 rings (SSSR count). The van der Waals surface area contributed by atoms with Gasteiger partial charge in [-0.1, -0.05) is 30.3 Å². The molecule has 2 aromatic carbocycles. The Morgan fingerprint density at radius 1 is 1.05 bits per heavy atom. The van der Waals surface area contributed by atoms with E-state index in [-0.39, 0.29) is 29.9 Å². The number of likely N-dealkylation sites (N-methyl/N-ethyl adjacent to an activating group) is 1. The van der Waals surface area contributed by atoms with Crippen molar-refractivity contribution in [2.24, 2.45) is 0 Å². The minimum atomic E-state index is -0.355. The van der Waals surface area contributed by atoms with Crippen LogP contribution in [0.4, 0.5) is 4.79 Å². The second-order valence-corrected chi connectivity index (χ2v) is 10.3. The summed E-state index contributed by atoms with van der Waals surface area (Å²) in [4.78, 5) is 43.7. The van der Waals surface area contributed by atoms with Gasteiger partial charge in [0.05, 0.1) is 18.7 Å². The van der Waals surface area contributed by atoms with E-state index < -0.39 is 0 Å². The van der Waals surface area contributed by atoms with Crippen molar-refractivity contribution in [3.05, 3.63) is 70.8 Å². The predicted molar refractivity (Wildman–Crippen MR) is 141 cm³/mol. The Bertz CT molecular complexity index is 1140. The van der Waals surface area contributed by atoms with Gasteiger partial charge in [0, 0.05) is 50.7 Å². The lowest BCUT2D eigenvalue weighted by Crippen LogP contribution is -2.54. The molecule has 0 radical (unpaired) electrons. The van der Waals surface area contributed by atoms with E-state index in [1.165, 1.54) is 7.11 Å². The molecule has 3 amide bonds. The average molecular weight is 505 g/mol. The Kier molecular flexibility index (Phi) is 7.46. The molecule has 3 aliphatic rings. The third-order valence-electron chi connectivity index (χ3n) is 8.26. The largest absolute Gasteiger partial charge is 0.465 e. The number of urea groups is 1. The summed E-state index contributed by atoms with van der Waals surface area (Å²) in [7, 11) is 3.27. The van der Waals surface area contributed by atoms with Gasteiger partial charge in [-0.25, -0.2) is 9.59 Å². The Hall–Kier alpha value is -3.39. The van der Waals surface area contributed by atoms with Crippen molar-refractivity contribution in [3.63, 3.8) is 0 Å². The van der Waals surface area contributed by atoms with E-state index in [4.69, 9.17) is 4.74 Å². The van der Waals surface area contributed by atoms with Crippen LogP contribution in [0.2, 0.25) is 0 Å². The highest BCUT2D eigenvalue weighted by atomic mass is 16.5. The molecule has 8 heteroatoms. The Balaban J connectivity index is 1.32. The number of methoxy groups -OCH3 is 1. The first-order chi connectivity index (χ1) is 18.0. The van der Waals surface area contributed by atoms with Crippen LogP contribution in [0.15, 0.2) is 48.5 Å². The molecule has 0 saturated carbocycles. The number of rotatable bonds is 7. The predicted octanol–water partition coefficient (Wildman–Crippen LogP) is 3.65. The summed E-state index contributed by atoms with van der Waals surface area (Å²) in [5.41, 5.74) is 3.46. The summed E-state index contributed by atoms with van der Waals surface area (Å²) in [5, 5.41) is 2.97. The zero-order valence-electron chi connectivity index (χ0n) is 21.7. The van der Waals surface area contributed by atoms with Gasteiger partial charge in [-0.2, -0.15) is 0 Å². The number of nitrogens with one attached hydrogen (secondary N) is 1. The number of likely N-dealkylation sites (tertiary alicyclic amines) is 1. The van der Waals surface area contributed by atoms with Crippen molar-refractivity contribution >= 4 is 17.9 Å². The number of hydrogen-bond donors (Lipinski definition) is 1. The molecule has 0 spiro atoms. The average Bonchev–Trinajstić information content (AvgIpc) is 3.19. The van der Waals surface area contributed by atoms with Crippen LogP contribution >= 0.6 is 0 Å². The highest BCUT2D eigenvalue weighted by molar-refractivity contribution is 5.99. The van der Waals surface area contributed by atoms with Gasteiger partial charge in [0.15, 0.2) is 0 Å². The molecule has 8 nitrogen and oxygen atoms in total. The van der Waals surface area contributed by atoms with Crippen molar-refractivity contribution in [2.45, 2.75) is 43.7 Å². The first-order valence-corrected chi connectivity index (χ1v) is 13.3. The van der Waals surface area contributed by atoms with Crippen LogP contribution in [0.1, 0.15) is 69.5 Å². The summed E-state index contributed by atoms with van der Waals surface area (Å²) < 4.78 is 4.87. The Morgan fingerprint density at radius 2 is 1.78 bits per heavy atom. The second kappa shape index (κ2) is 10.9. The van der Waals surface area contributed by atoms with E-state index in [2.05, 4.69) is 16.3 Å². The molecule has 2 aromatic rings. The number of nitrogens with zero attached hydrogens (tertiary/aromatic N) is 3. The van der Waals surface area contributed by atoms with E-state index in [1.54, 1.807) is 0 Å². The Labute approximate surface area is 218 Å². The van der Waals surface area contributed by atoms with Crippen LogP contribution in [0.25, 0.3) is 0 Å². The molecule has 3 aliphatic heterocycles. The lowest BCUT2D eigenvalue weighted by Gasteiger charge is -2.40. The molecule has 196 valence electrons. The van der Waals surface area contributed by atoms with E-state index >= 15 is 0 Å². The van der Waals surface area contributed by atoms with Gasteiger partial charge in [-0.3, -0.25) is 4.79 Å². The normalized spacial score (nSPS) is 21.5. The van der Waals surface area contributed by atoms with Crippen LogP contribution in [-0.4, -0.2) is 85.5 Å². The van der Waals surface area contributed by atoms with Crippen LogP contribution in [0, 0.1) is 0 Å². The third kappa shape index (κ3) is 5.07. The fourth-order valence-corrected chi connectivity index (χ4v) is 6.22.